The van der Waals surface area contributed by atoms with Gasteiger partial charge in [0.2, 0.25) is 0 Å². The van der Waals surface area contributed by atoms with Gasteiger partial charge in [0.25, 0.3) is 0 Å². The quantitative estimate of drug-likeness (QED) is 0.321. The van der Waals surface area contributed by atoms with Gasteiger partial charge in [0, 0.05) is 16.4 Å². The van der Waals surface area contributed by atoms with Gasteiger partial charge >= 0.3 is 0 Å². The Labute approximate surface area is 208 Å². The van der Waals surface area contributed by atoms with Crippen LogP contribution in [0.15, 0.2) is 40.9 Å². The standard InChI is InChI=1S/C28H41BrFN3/c1-19(18-32-15-12-21-10-13-31-14-11-21)8-9-24-20(2)25-16-23(29)17-26(30)28(25)33-27(24)22-6-4-3-5-7-22/h3-6,16-17,19-22,24,27,31-33H,7-15,18H2,1-2H3/t19-,20?,22?,24-,27+/m1/s1. The molecule has 0 aromatic heterocycles. The van der Waals surface area contributed by atoms with Gasteiger partial charge in [-0.15, -0.1) is 0 Å². The number of benzene rings is 1. The SMILES string of the molecule is CC1c2cc(Br)cc(F)c2N[C@@H](C2C=CC=CC2)[C@@H]1CC[C@@H](C)CNCCC1CCNCC1. The largest absolute Gasteiger partial charge is 0.379 e. The van der Waals surface area contributed by atoms with E-state index in [9.17, 15) is 4.39 Å². The Balaban J connectivity index is 1.35. The minimum absolute atomic E-state index is 0.142. The number of allylic oxidation sites excluding steroid dienone is 3. The van der Waals surface area contributed by atoms with E-state index in [-0.39, 0.29) is 11.9 Å². The Morgan fingerprint density at radius 2 is 2.00 bits per heavy atom. The fraction of sp³-hybridized carbons (Fsp3) is 0.643. The summed E-state index contributed by atoms with van der Waals surface area (Å²) in [6.07, 6.45) is 16.2. The van der Waals surface area contributed by atoms with Crippen molar-refractivity contribution in [2.24, 2.45) is 23.7 Å². The van der Waals surface area contributed by atoms with Crippen molar-refractivity contribution < 1.29 is 4.39 Å². The summed E-state index contributed by atoms with van der Waals surface area (Å²) in [6.45, 7) is 9.27. The Kier molecular flexibility index (Phi) is 9.06. The van der Waals surface area contributed by atoms with E-state index in [0.717, 1.165) is 41.9 Å². The molecular formula is C28H41BrFN3. The van der Waals surface area contributed by atoms with E-state index in [1.54, 1.807) is 6.07 Å². The maximum atomic E-state index is 14.9. The Morgan fingerprint density at radius 3 is 2.76 bits per heavy atom. The van der Waals surface area contributed by atoms with Crippen LogP contribution in [0.3, 0.4) is 0 Å². The van der Waals surface area contributed by atoms with E-state index in [0.29, 0.717) is 29.4 Å². The van der Waals surface area contributed by atoms with Crippen LogP contribution in [0.25, 0.3) is 0 Å². The lowest BCUT2D eigenvalue weighted by Crippen LogP contribution is -2.43. The number of rotatable bonds is 9. The summed E-state index contributed by atoms with van der Waals surface area (Å²) in [4.78, 5) is 0. The first-order chi connectivity index (χ1) is 16.0. The number of halogens is 2. The first-order valence-corrected chi connectivity index (χ1v) is 13.8. The molecular weight excluding hydrogens is 477 g/mol. The van der Waals surface area contributed by atoms with Crippen LogP contribution < -0.4 is 16.0 Å². The van der Waals surface area contributed by atoms with Crippen molar-refractivity contribution in [3.05, 3.63) is 52.3 Å². The molecule has 5 atom stereocenters. The van der Waals surface area contributed by atoms with Crippen molar-refractivity contribution in [1.82, 2.24) is 10.6 Å². The van der Waals surface area contributed by atoms with Crippen LogP contribution in [-0.4, -0.2) is 32.2 Å². The summed E-state index contributed by atoms with van der Waals surface area (Å²) in [6, 6.07) is 3.97. The van der Waals surface area contributed by atoms with Gasteiger partial charge in [-0.1, -0.05) is 54.1 Å². The van der Waals surface area contributed by atoms with Crippen LogP contribution in [0, 0.1) is 29.5 Å². The molecule has 0 saturated carbocycles. The number of nitrogens with one attached hydrogen (secondary N) is 3. The summed E-state index contributed by atoms with van der Waals surface area (Å²) >= 11 is 3.51. The lowest BCUT2D eigenvalue weighted by atomic mass is 9.70. The minimum atomic E-state index is -0.142. The molecule has 5 heteroatoms. The minimum Gasteiger partial charge on any atom is -0.379 e. The second-order valence-corrected chi connectivity index (χ2v) is 11.5. The molecule has 0 spiro atoms. The van der Waals surface area contributed by atoms with E-state index in [4.69, 9.17) is 0 Å². The molecule has 2 unspecified atom stereocenters. The number of anilines is 1. The molecule has 1 aliphatic carbocycles. The molecule has 1 aromatic carbocycles. The highest BCUT2D eigenvalue weighted by Gasteiger charge is 2.38. The molecule has 0 radical (unpaired) electrons. The molecule has 3 aliphatic rings. The van der Waals surface area contributed by atoms with Crippen molar-refractivity contribution in [2.45, 2.75) is 64.3 Å². The normalized spacial score (nSPS) is 28.4. The predicted molar refractivity (Wildman–Crippen MR) is 141 cm³/mol. The molecule has 2 heterocycles. The molecule has 2 aliphatic heterocycles. The van der Waals surface area contributed by atoms with Crippen LogP contribution >= 0.6 is 15.9 Å². The van der Waals surface area contributed by atoms with Crippen molar-refractivity contribution in [2.75, 3.05) is 31.5 Å². The molecule has 3 nitrogen and oxygen atoms in total. The van der Waals surface area contributed by atoms with E-state index in [1.807, 2.05) is 0 Å². The summed E-state index contributed by atoms with van der Waals surface area (Å²) in [5.41, 5.74) is 1.83. The Hall–Kier alpha value is -1.17. The third-order valence-electron chi connectivity index (χ3n) is 8.14. The lowest BCUT2D eigenvalue weighted by molar-refractivity contribution is 0.273. The highest BCUT2D eigenvalue weighted by atomic mass is 79.9. The van der Waals surface area contributed by atoms with Crippen molar-refractivity contribution in [1.29, 1.82) is 0 Å². The molecule has 182 valence electrons. The summed E-state index contributed by atoms with van der Waals surface area (Å²) in [5, 5.41) is 10.8. The first kappa shape index (κ1) is 24.9. The third-order valence-corrected chi connectivity index (χ3v) is 8.60. The van der Waals surface area contributed by atoms with Gasteiger partial charge in [0.05, 0.1) is 5.69 Å². The number of piperidine rings is 1. The molecule has 3 N–H and O–H groups in total. The van der Waals surface area contributed by atoms with Crippen LogP contribution in [0.4, 0.5) is 10.1 Å². The fourth-order valence-electron chi connectivity index (χ4n) is 6.04. The van der Waals surface area contributed by atoms with Crippen LogP contribution in [-0.2, 0) is 0 Å². The van der Waals surface area contributed by atoms with E-state index >= 15 is 0 Å². The van der Waals surface area contributed by atoms with Crippen LogP contribution in [0.1, 0.15) is 63.9 Å². The smallest absolute Gasteiger partial charge is 0.147 e. The van der Waals surface area contributed by atoms with Crippen molar-refractivity contribution in [3.8, 4) is 0 Å². The van der Waals surface area contributed by atoms with Gasteiger partial charge in [0.1, 0.15) is 5.82 Å². The van der Waals surface area contributed by atoms with Crippen molar-refractivity contribution in [3.63, 3.8) is 0 Å². The third kappa shape index (κ3) is 6.49. The van der Waals surface area contributed by atoms with E-state index < -0.39 is 0 Å². The maximum absolute atomic E-state index is 14.9. The fourth-order valence-corrected chi connectivity index (χ4v) is 6.49. The Bertz CT molecular complexity index is 833. The molecule has 4 rings (SSSR count). The zero-order valence-corrected chi connectivity index (χ0v) is 21.8. The molecule has 1 fully saturated rings. The summed E-state index contributed by atoms with van der Waals surface area (Å²) < 4.78 is 15.7. The maximum Gasteiger partial charge on any atom is 0.147 e. The first-order valence-electron chi connectivity index (χ1n) is 13.0. The second-order valence-electron chi connectivity index (χ2n) is 10.6. The average molecular weight is 519 g/mol. The van der Waals surface area contributed by atoms with Gasteiger partial charge in [-0.3, -0.25) is 0 Å². The summed E-state index contributed by atoms with van der Waals surface area (Å²) in [7, 11) is 0. The van der Waals surface area contributed by atoms with Gasteiger partial charge in [-0.2, -0.15) is 0 Å². The summed E-state index contributed by atoms with van der Waals surface area (Å²) in [5.74, 6) is 2.63. The van der Waals surface area contributed by atoms with Crippen LogP contribution in [0.2, 0.25) is 0 Å². The molecule has 33 heavy (non-hydrogen) atoms. The topological polar surface area (TPSA) is 36.1 Å². The lowest BCUT2D eigenvalue weighted by Gasteiger charge is -2.43. The number of hydrogen-bond donors (Lipinski definition) is 3. The van der Waals surface area contributed by atoms with E-state index in [2.05, 4.69) is 76.1 Å². The highest BCUT2D eigenvalue weighted by molar-refractivity contribution is 9.10. The molecule has 0 bridgehead atoms. The predicted octanol–water partition coefficient (Wildman–Crippen LogP) is 6.63. The van der Waals surface area contributed by atoms with Gasteiger partial charge < -0.3 is 16.0 Å². The average Bonchev–Trinajstić information content (AvgIpc) is 2.83. The van der Waals surface area contributed by atoms with Gasteiger partial charge in [-0.25, -0.2) is 4.39 Å². The zero-order chi connectivity index (χ0) is 23.2. The van der Waals surface area contributed by atoms with E-state index in [1.165, 1.54) is 38.8 Å². The monoisotopic (exact) mass is 517 g/mol. The molecule has 0 amide bonds. The molecule has 1 aromatic rings. The van der Waals surface area contributed by atoms with Gasteiger partial charge in [0.15, 0.2) is 0 Å². The zero-order valence-electron chi connectivity index (χ0n) is 20.3. The van der Waals surface area contributed by atoms with Gasteiger partial charge in [-0.05, 0) is 106 Å². The van der Waals surface area contributed by atoms with Crippen LogP contribution in [0.5, 0.6) is 0 Å². The van der Waals surface area contributed by atoms with Crippen molar-refractivity contribution >= 4 is 21.6 Å². The number of hydrogen-bond acceptors (Lipinski definition) is 3. The molecule has 1 saturated heterocycles. The number of fused-ring (bicyclic) bond motifs is 1. The second kappa shape index (κ2) is 12.0. The Morgan fingerprint density at radius 1 is 1.18 bits per heavy atom. The highest BCUT2D eigenvalue weighted by Crippen LogP contribution is 2.46.